The Balaban J connectivity index is 2.87. The minimum atomic E-state index is -0.518. The zero-order valence-corrected chi connectivity index (χ0v) is 9.96. The second-order valence-electron chi connectivity index (χ2n) is 3.90. The highest BCUT2D eigenvalue weighted by Crippen LogP contribution is 2.11. The van der Waals surface area contributed by atoms with Gasteiger partial charge in [0.25, 0.3) is 5.91 Å². The van der Waals surface area contributed by atoms with Gasteiger partial charge in [-0.25, -0.2) is 0 Å². The van der Waals surface area contributed by atoms with Crippen LogP contribution in [0.4, 0.5) is 0 Å². The van der Waals surface area contributed by atoms with Gasteiger partial charge in [0.2, 0.25) is 5.78 Å². The lowest BCUT2D eigenvalue weighted by Crippen LogP contribution is -2.31. The third kappa shape index (κ3) is 2.92. The molecule has 16 heavy (non-hydrogen) atoms. The van der Waals surface area contributed by atoms with Gasteiger partial charge in [-0.3, -0.25) is 9.59 Å². The maximum atomic E-state index is 11.8. The number of hydrogen-bond acceptors (Lipinski definition) is 2. The van der Waals surface area contributed by atoms with Crippen molar-refractivity contribution in [3.05, 3.63) is 34.9 Å². The number of amides is 1. The van der Waals surface area contributed by atoms with Crippen molar-refractivity contribution in [3.8, 4) is 0 Å². The summed E-state index contributed by atoms with van der Waals surface area (Å²) >= 11 is 0. The molecule has 86 valence electrons. The Morgan fingerprint density at radius 1 is 1.25 bits per heavy atom. The van der Waals surface area contributed by atoms with E-state index in [1.54, 1.807) is 6.07 Å². The number of carbonyl (C=O) groups excluding carboxylic acids is 2. The lowest BCUT2D eigenvalue weighted by molar-refractivity contribution is -0.117. The summed E-state index contributed by atoms with van der Waals surface area (Å²) in [6.45, 7) is 6.22. The lowest BCUT2D eigenvalue weighted by Gasteiger charge is -2.06. The summed E-state index contributed by atoms with van der Waals surface area (Å²) in [5.41, 5.74) is 2.31. The van der Waals surface area contributed by atoms with Crippen LogP contribution in [0.15, 0.2) is 18.2 Å². The average Bonchev–Trinajstić information content (AvgIpc) is 2.28. The summed E-state index contributed by atoms with van der Waals surface area (Å²) in [6.07, 6.45) is 0.825. The largest absolute Gasteiger partial charge is 0.349 e. The van der Waals surface area contributed by atoms with Gasteiger partial charge in [0.05, 0.1) is 0 Å². The molecule has 1 rings (SSSR count). The summed E-state index contributed by atoms with van der Waals surface area (Å²) in [6, 6.07) is 5.54. The zero-order valence-electron chi connectivity index (χ0n) is 9.96. The van der Waals surface area contributed by atoms with Gasteiger partial charge in [0.15, 0.2) is 0 Å². The summed E-state index contributed by atoms with van der Waals surface area (Å²) in [4.78, 5) is 23.3. The Labute approximate surface area is 95.9 Å². The Morgan fingerprint density at radius 2 is 1.94 bits per heavy atom. The molecule has 1 aromatic rings. The fourth-order valence-corrected chi connectivity index (χ4v) is 1.42. The van der Waals surface area contributed by atoms with Crippen LogP contribution in [0.2, 0.25) is 0 Å². The predicted molar refractivity (Wildman–Crippen MR) is 63.5 cm³/mol. The van der Waals surface area contributed by atoms with Crippen molar-refractivity contribution in [1.82, 2.24) is 5.32 Å². The highest BCUT2D eigenvalue weighted by Gasteiger charge is 2.17. The number of ketones is 1. The molecular weight excluding hydrogens is 202 g/mol. The van der Waals surface area contributed by atoms with Crippen molar-refractivity contribution in [3.63, 3.8) is 0 Å². The molecule has 0 bridgehead atoms. The summed E-state index contributed by atoms with van der Waals surface area (Å²) in [7, 11) is 0. The molecule has 1 N–H and O–H groups in total. The van der Waals surface area contributed by atoms with Crippen LogP contribution in [0.3, 0.4) is 0 Å². The number of carbonyl (C=O) groups is 2. The first-order valence-electron chi connectivity index (χ1n) is 5.46. The third-order valence-electron chi connectivity index (χ3n) is 2.38. The van der Waals surface area contributed by atoms with Crippen molar-refractivity contribution >= 4 is 11.7 Å². The molecule has 0 fully saturated rings. The first-order valence-corrected chi connectivity index (χ1v) is 5.46. The quantitative estimate of drug-likeness (QED) is 0.622. The van der Waals surface area contributed by atoms with Gasteiger partial charge in [0, 0.05) is 12.1 Å². The van der Waals surface area contributed by atoms with Gasteiger partial charge in [-0.1, -0.05) is 24.6 Å². The number of Topliss-reactive ketones (excluding diaryl/α,β-unsaturated/α-hetero) is 1. The molecule has 0 heterocycles. The molecule has 3 heteroatoms. The highest BCUT2D eigenvalue weighted by atomic mass is 16.2. The number of aryl methyl sites for hydroxylation is 2. The average molecular weight is 219 g/mol. The van der Waals surface area contributed by atoms with E-state index < -0.39 is 11.7 Å². The molecule has 0 saturated heterocycles. The van der Waals surface area contributed by atoms with Crippen molar-refractivity contribution in [2.24, 2.45) is 0 Å². The first kappa shape index (κ1) is 12.4. The standard InChI is InChI=1S/C13H17NO2/c1-4-7-14-13(16)12(15)11-8-9(2)5-6-10(11)3/h5-6,8H,4,7H2,1-3H3,(H,14,16). The van der Waals surface area contributed by atoms with Gasteiger partial charge in [-0.2, -0.15) is 0 Å². The van der Waals surface area contributed by atoms with Crippen molar-refractivity contribution in [1.29, 1.82) is 0 Å². The maximum Gasteiger partial charge on any atom is 0.292 e. The smallest absolute Gasteiger partial charge is 0.292 e. The van der Waals surface area contributed by atoms with Crippen molar-refractivity contribution < 1.29 is 9.59 Å². The number of rotatable bonds is 4. The van der Waals surface area contributed by atoms with Crippen LogP contribution in [-0.4, -0.2) is 18.2 Å². The SMILES string of the molecule is CCCNC(=O)C(=O)c1cc(C)ccc1C. The van der Waals surface area contributed by atoms with E-state index in [1.165, 1.54) is 0 Å². The lowest BCUT2D eigenvalue weighted by atomic mass is 10.0. The van der Waals surface area contributed by atoms with E-state index in [2.05, 4.69) is 5.32 Å². The Bertz CT molecular complexity index is 410. The summed E-state index contributed by atoms with van der Waals surface area (Å²) in [5.74, 6) is -0.967. The minimum absolute atomic E-state index is 0.449. The van der Waals surface area contributed by atoms with Crippen molar-refractivity contribution in [2.45, 2.75) is 27.2 Å². The first-order chi connectivity index (χ1) is 7.56. The van der Waals surface area contributed by atoms with E-state index in [0.29, 0.717) is 12.1 Å². The highest BCUT2D eigenvalue weighted by molar-refractivity contribution is 6.43. The van der Waals surface area contributed by atoms with E-state index in [-0.39, 0.29) is 0 Å². The maximum absolute atomic E-state index is 11.8. The molecule has 0 aliphatic heterocycles. The molecule has 0 radical (unpaired) electrons. The molecule has 0 aliphatic rings. The topological polar surface area (TPSA) is 46.2 Å². The van der Waals surface area contributed by atoms with E-state index in [9.17, 15) is 9.59 Å². The van der Waals surface area contributed by atoms with Crippen LogP contribution >= 0.6 is 0 Å². The van der Waals surface area contributed by atoms with E-state index in [4.69, 9.17) is 0 Å². The van der Waals surface area contributed by atoms with Gasteiger partial charge < -0.3 is 5.32 Å². The van der Waals surface area contributed by atoms with E-state index in [1.807, 2.05) is 32.9 Å². The van der Waals surface area contributed by atoms with E-state index in [0.717, 1.165) is 17.5 Å². The van der Waals surface area contributed by atoms with Crippen LogP contribution in [-0.2, 0) is 4.79 Å². The van der Waals surface area contributed by atoms with Gasteiger partial charge in [-0.15, -0.1) is 0 Å². The monoisotopic (exact) mass is 219 g/mol. The van der Waals surface area contributed by atoms with Gasteiger partial charge >= 0.3 is 0 Å². The van der Waals surface area contributed by atoms with Crippen LogP contribution < -0.4 is 5.32 Å². The second kappa shape index (κ2) is 5.45. The molecule has 1 aromatic carbocycles. The summed E-state index contributed by atoms with van der Waals surface area (Å²) in [5, 5.41) is 2.59. The molecule has 0 saturated carbocycles. The molecular formula is C13H17NO2. The fourth-order valence-electron chi connectivity index (χ4n) is 1.42. The van der Waals surface area contributed by atoms with Gasteiger partial charge in [-0.05, 0) is 31.9 Å². The van der Waals surface area contributed by atoms with E-state index >= 15 is 0 Å². The molecule has 0 atom stereocenters. The molecule has 0 aliphatic carbocycles. The van der Waals surface area contributed by atoms with Crippen LogP contribution in [0.5, 0.6) is 0 Å². The number of hydrogen-bond donors (Lipinski definition) is 1. The molecule has 1 amide bonds. The Kier molecular flexibility index (Phi) is 4.23. The van der Waals surface area contributed by atoms with Crippen molar-refractivity contribution in [2.75, 3.05) is 6.54 Å². The molecule has 3 nitrogen and oxygen atoms in total. The summed E-state index contributed by atoms with van der Waals surface area (Å²) < 4.78 is 0. The molecule has 0 unspecified atom stereocenters. The van der Waals surface area contributed by atoms with Crippen LogP contribution in [0.25, 0.3) is 0 Å². The zero-order chi connectivity index (χ0) is 12.1. The van der Waals surface area contributed by atoms with Crippen LogP contribution in [0, 0.1) is 13.8 Å². The second-order valence-corrected chi connectivity index (χ2v) is 3.90. The number of benzene rings is 1. The van der Waals surface area contributed by atoms with Crippen LogP contribution in [0.1, 0.15) is 34.8 Å². The minimum Gasteiger partial charge on any atom is -0.349 e. The number of nitrogens with one attached hydrogen (secondary N) is 1. The molecule has 0 spiro atoms. The normalized spacial score (nSPS) is 9.94. The molecule has 0 aromatic heterocycles. The fraction of sp³-hybridized carbons (Fsp3) is 0.385. The van der Waals surface area contributed by atoms with Gasteiger partial charge in [0.1, 0.15) is 0 Å². The Hall–Kier alpha value is -1.64. The Morgan fingerprint density at radius 3 is 2.56 bits per heavy atom. The third-order valence-corrected chi connectivity index (χ3v) is 2.38. The predicted octanol–water partition coefficient (Wildman–Crippen LogP) is 2.01.